The normalized spacial score (nSPS) is 16.7. The fourth-order valence-corrected chi connectivity index (χ4v) is 2.43. The van der Waals surface area contributed by atoms with Crippen molar-refractivity contribution in [2.45, 2.75) is 39.2 Å². The van der Waals surface area contributed by atoms with E-state index in [-0.39, 0.29) is 5.91 Å². The van der Waals surface area contributed by atoms with E-state index in [1.165, 1.54) is 0 Å². The van der Waals surface area contributed by atoms with Crippen LogP contribution < -0.4 is 10.1 Å². The Hall–Kier alpha value is -1.66. The number of carbonyl (C=O) groups excluding carboxylic acids is 1. The highest BCUT2D eigenvalue weighted by Gasteiger charge is 2.47. The zero-order chi connectivity index (χ0) is 16.9. The summed E-state index contributed by atoms with van der Waals surface area (Å²) < 4.78 is 16.2. The number of amides is 1. The number of nitrogens with zero attached hydrogens (tertiary/aromatic N) is 1. The van der Waals surface area contributed by atoms with Gasteiger partial charge in [-0.25, -0.2) is 4.98 Å². The largest absolute Gasteiger partial charge is 0.475 e. The number of aryl methyl sites for hydroxylation is 1. The average molecular weight is 322 g/mol. The summed E-state index contributed by atoms with van der Waals surface area (Å²) in [5.41, 5.74) is 0.608. The zero-order valence-electron chi connectivity index (χ0n) is 14.3. The van der Waals surface area contributed by atoms with Gasteiger partial charge in [0.25, 0.3) is 5.91 Å². The molecule has 6 nitrogen and oxygen atoms in total. The number of anilines is 1. The fraction of sp³-hybridized carbons (Fsp3) is 0.647. The molecule has 0 radical (unpaired) electrons. The summed E-state index contributed by atoms with van der Waals surface area (Å²) in [5, 5.41) is 2.92. The van der Waals surface area contributed by atoms with E-state index in [2.05, 4.69) is 10.3 Å². The van der Waals surface area contributed by atoms with Crippen LogP contribution in [-0.2, 0) is 14.3 Å². The molecule has 2 rings (SSSR count). The Bertz CT molecular complexity index is 545. The molecule has 0 aliphatic heterocycles. The molecule has 1 amide bonds. The van der Waals surface area contributed by atoms with Gasteiger partial charge in [0.1, 0.15) is 12.2 Å². The lowest BCUT2D eigenvalue weighted by atomic mass is 9.99. The highest BCUT2D eigenvalue weighted by molar-refractivity contribution is 5.98. The van der Waals surface area contributed by atoms with Gasteiger partial charge in [-0.1, -0.05) is 0 Å². The predicted octanol–water partition coefficient (Wildman–Crippen LogP) is 2.56. The number of nitrogens with one attached hydrogen (secondary N) is 1. The Balaban J connectivity index is 1.96. The Labute approximate surface area is 137 Å². The molecule has 1 aliphatic carbocycles. The quantitative estimate of drug-likeness (QED) is 0.708. The molecule has 0 aromatic carbocycles. The van der Waals surface area contributed by atoms with Crippen LogP contribution in [-0.4, -0.2) is 43.4 Å². The number of methoxy groups -OCH3 is 1. The Morgan fingerprint density at radius 2 is 2.13 bits per heavy atom. The van der Waals surface area contributed by atoms with Gasteiger partial charge in [-0.05, 0) is 45.6 Å². The summed E-state index contributed by atoms with van der Waals surface area (Å²) in [6, 6.07) is 3.55. The lowest BCUT2D eigenvalue weighted by molar-refractivity contribution is -0.138. The highest BCUT2D eigenvalue weighted by Crippen LogP contribution is 2.42. The Morgan fingerprint density at radius 3 is 2.70 bits per heavy atom. The van der Waals surface area contributed by atoms with E-state index in [0.717, 1.165) is 12.8 Å². The third-order valence-electron chi connectivity index (χ3n) is 4.22. The van der Waals surface area contributed by atoms with E-state index in [9.17, 15) is 4.79 Å². The summed E-state index contributed by atoms with van der Waals surface area (Å²) in [5.74, 6) is 0.691. The molecule has 1 heterocycles. The minimum atomic E-state index is -0.779. The summed E-state index contributed by atoms with van der Waals surface area (Å²) in [6.45, 7) is 7.27. The van der Waals surface area contributed by atoms with E-state index in [4.69, 9.17) is 14.2 Å². The van der Waals surface area contributed by atoms with Crippen molar-refractivity contribution in [1.29, 1.82) is 0 Å². The van der Waals surface area contributed by atoms with Crippen LogP contribution >= 0.6 is 0 Å². The third kappa shape index (κ3) is 4.42. The van der Waals surface area contributed by atoms with Crippen LogP contribution in [0, 0.1) is 12.8 Å². The van der Waals surface area contributed by atoms with Gasteiger partial charge in [0.2, 0.25) is 5.88 Å². The maximum Gasteiger partial charge on any atom is 0.256 e. The van der Waals surface area contributed by atoms with Crippen molar-refractivity contribution in [3.63, 3.8) is 0 Å². The molecule has 1 atom stereocenters. The summed E-state index contributed by atoms with van der Waals surface area (Å²) in [7, 11) is 1.58. The number of hydrogen-bond acceptors (Lipinski definition) is 5. The molecule has 1 N–H and O–H groups in total. The smallest absolute Gasteiger partial charge is 0.256 e. The molecule has 6 heteroatoms. The monoisotopic (exact) mass is 322 g/mol. The van der Waals surface area contributed by atoms with Crippen LogP contribution in [0.1, 0.15) is 32.4 Å². The minimum Gasteiger partial charge on any atom is -0.475 e. The average Bonchev–Trinajstić information content (AvgIpc) is 3.38. The second kappa shape index (κ2) is 7.75. The molecule has 1 aromatic heterocycles. The van der Waals surface area contributed by atoms with E-state index >= 15 is 0 Å². The molecule has 0 unspecified atom stereocenters. The molecule has 0 bridgehead atoms. The van der Waals surface area contributed by atoms with Gasteiger partial charge in [0.15, 0.2) is 0 Å². The van der Waals surface area contributed by atoms with Gasteiger partial charge in [0.05, 0.1) is 18.0 Å². The first-order valence-corrected chi connectivity index (χ1v) is 8.06. The van der Waals surface area contributed by atoms with Crippen LogP contribution in [0.4, 0.5) is 5.69 Å². The second-order valence-corrected chi connectivity index (χ2v) is 5.87. The van der Waals surface area contributed by atoms with Gasteiger partial charge in [-0.3, -0.25) is 4.79 Å². The molecular formula is C17H26N2O4. The van der Waals surface area contributed by atoms with Crippen LogP contribution in [0.5, 0.6) is 5.88 Å². The van der Waals surface area contributed by atoms with Crippen LogP contribution in [0.3, 0.4) is 0 Å². The maximum atomic E-state index is 12.5. The molecule has 23 heavy (non-hydrogen) atoms. The maximum absolute atomic E-state index is 12.5. The van der Waals surface area contributed by atoms with Gasteiger partial charge in [-0.15, -0.1) is 0 Å². The van der Waals surface area contributed by atoms with Gasteiger partial charge >= 0.3 is 0 Å². The SMILES string of the molecule is CCOCCOc1ccc(NC(=O)[C@@](C)(OC)C2CC2)c(C)n1. The molecule has 1 fully saturated rings. The van der Waals surface area contributed by atoms with Crippen molar-refractivity contribution >= 4 is 11.6 Å². The van der Waals surface area contributed by atoms with Crippen LogP contribution in [0.25, 0.3) is 0 Å². The first-order valence-electron chi connectivity index (χ1n) is 8.06. The van der Waals surface area contributed by atoms with Crippen molar-refractivity contribution in [1.82, 2.24) is 4.98 Å². The van der Waals surface area contributed by atoms with Crippen molar-refractivity contribution in [2.75, 3.05) is 32.2 Å². The fourth-order valence-electron chi connectivity index (χ4n) is 2.43. The number of aromatic nitrogens is 1. The van der Waals surface area contributed by atoms with E-state index < -0.39 is 5.60 Å². The number of ether oxygens (including phenoxy) is 3. The molecule has 0 saturated heterocycles. The van der Waals surface area contributed by atoms with E-state index in [1.54, 1.807) is 19.2 Å². The minimum absolute atomic E-state index is 0.127. The van der Waals surface area contributed by atoms with Crippen LogP contribution in [0.2, 0.25) is 0 Å². The number of rotatable bonds is 9. The summed E-state index contributed by atoms with van der Waals surface area (Å²) >= 11 is 0. The molecule has 0 spiro atoms. The van der Waals surface area contributed by atoms with Crippen molar-refractivity contribution in [3.05, 3.63) is 17.8 Å². The lowest BCUT2D eigenvalue weighted by Crippen LogP contribution is -2.44. The van der Waals surface area contributed by atoms with Crippen molar-refractivity contribution in [2.24, 2.45) is 5.92 Å². The lowest BCUT2D eigenvalue weighted by Gasteiger charge is -2.27. The number of pyridine rings is 1. The van der Waals surface area contributed by atoms with E-state index in [1.807, 2.05) is 20.8 Å². The summed E-state index contributed by atoms with van der Waals surface area (Å²) in [6.07, 6.45) is 2.06. The Morgan fingerprint density at radius 1 is 1.39 bits per heavy atom. The van der Waals surface area contributed by atoms with Crippen LogP contribution in [0.15, 0.2) is 12.1 Å². The first-order chi connectivity index (χ1) is 11.0. The molecule has 1 aromatic rings. The Kier molecular flexibility index (Phi) is 5.96. The second-order valence-electron chi connectivity index (χ2n) is 5.87. The number of hydrogen-bond donors (Lipinski definition) is 1. The molecular weight excluding hydrogens is 296 g/mol. The van der Waals surface area contributed by atoms with Gasteiger partial charge < -0.3 is 19.5 Å². The topological polar surface area (TPSA) is 69.7 Å². The first kappa shape index (κ1) is 17.7. The molecule has 128 valence electrons. The van der Waals surface area contributed by atoms with Crippen molar-refractivity contribution in [3.8, 4) is 5.88 Å². The summed E-state index contributed by atoms with van der Waals surface area (Å²) in [4.78, 5) is 16.9. The molecule has 1 saturated carbocycles. The number of carbonyl (C=O) groups is 1. The van der Waals surface area contributed by atoms with Gasteiger partial charge in [-0.2, -0.15) is 0 Å². The third-order valence-corrected chi connectivity index (χ3v) is 4.22. The highest BCUT2D eigenvalue weighted by atomic mass is 16.5. The van der Waals surface area contributed by atoms with Crippen molar-refractivity contribution < 1.29 is 19.0 Å². The zero-order valence-corrected chi connectivity index (χ0v) is 14.3. The molecule has 1 aliphatic rings. The van der Waals surface area contributed by atoms with E-state index in [0.29, 0.717) is 43.0 Å². The predicted molar refractivity (Wildman–Crippen MR) is 87.7 cm³/mol. The van der Waals surface area contributed by atoms with Gasteiger partial charge in [0, 0.05) is 19.8 Å². The standard InChI is InChI=1S/C17H26N2O4/c1-5-22-10-11-23-15-9-8-14(12(2)18-15)19-16(20)17(3,21-4)13-6-7-13/h8-9,13H,5-7,10-11H2,1-4H3,(H,19,20)/t17-/m0/s1.